The third kappa shape index (κ3) is 4.05. The van der Waals surface area contributed by atoms with E-state index in [-0.39, 0.29) is 0 Å². The molecule has 1 aliphatic carbocycles. The van der Waals surface area contributed by atoms with Crippen LogP contribution >= 0.6 is 0 Å². The maximum absolute atomic E-state index is 2.47. The van der Waals surface area contributed by atoms with Gasteiger partial charge in [0.25, 0.3) is 0 Å². The molecule has 200 valence electrons. The summed E-state index contributed by atoms with van der Waals surface area (Å²) >= 11 is 0. The van der Waals surface area contributed by atoms with E-state index < -0.39 is 5.41 Å². The molecule has 0 spiro atoms. The Morgan fingerprint density at radius 1 is 0.415 bits per heavy atom. The Balaban J connectivity index is 1.50. The van der Waals surface area contributed by atoms with Crippen molar-refractivity contribution in [2.24, 2.45) is 0 Å². The maximum atomic E-state index is 2.47. The summed E-state index contributed by atoms with van der Waals surface area (Å²) in [6.07, 6.45) is 0. The van der Waals surface area contributed by atoms with Crippen molar-refractivity contribution >= 4 is 10.8 Å². The minimum Gasteiger partial charge on any atom is -0.0622 e. The zero-order chi connectivity index (χ0) is 28.1. The van der Waals surface area contributed by atoms with Gasteiger partial charge in [0.2, 0.25) is 0 Å². The number of hydrogen-bond acceptors (Lipinski definition) is 0. The Labute approximate surface area is 244 Å². The normalized spacial score (nSPS) is 13.5. The summed E-state index contributed by atoms with van der Waals surface area (Å²) in [4.78, 5) is 0. The first-order chi connectivity index (χ1) is 20.0. The van der Waals surface area contributed by atoms with E-state index in [0.29, 0.717) is 11.8 Å². The van der Waals surface area contributed by atoms with E-state index in [9.17, 15) is 0 Å². The molecule has 0 atom stereocenters. The van der Waals surface area contributed by atoms with Crippen LogP contribution in [-0.2, 0) is 5.41 Å². The fourth-order valence-corrected chi connectivity index (χ4v) is 6.85. The van der Waals surface area contributed by atoms with Crippen molar-refractivity contribution in [1.82, 2.24) is 0 Å². The lowest BCUT2D eigenvalue weighted by molar-refractivity contribution is 0.762. The second kappa shape index (κ2) is 9.89. The SMILES string of the molecule is CC(C)c1ccc2c(c1)C(c1ccccc1)(c1ccccc1)c1cc(-c3ccc4cc(C(C)C)ccc4c3)ccc1-2. The standard InChI is InChI=1S/C41H36/c1-27(2)29-15-16-32-24-33(18-17-31(32)23-29)34-20-22-38-37-21-19-30(28(3)4)25-39(37)41(40(38)26-34,35-11-7-5-8-12-35)36-13-9-6-10-14-36/h5-28H,1-4H3. The van der Waals surface area contributed by atoms with Crippen molar-refractivity contribution < 1.29 is 0 Å². The van der Waals surface area contributed by atoms with Gasteiger partial charge in [0.1, 0.15) is 0 Å². The molecule has 0 saturated heterocycles. The molecule has 6 aromatic carbocycles. The van der Waals surface area contributed by atoms with Gasteiger partial charge < -0.3 is 0 Å². The molecule has 0 N–H and O–H groups in total. The van der Waals surface area contributed by atoms with E-state index in [1.807, 2.05) is 0 Å². The van der Waals surface area contributed by atoms with Crippen LogP contribution in [0.1, 0.15) is 72.9 Å². The summed E-state index contributed by atoms with van der Waals surface area (Å²) in [6, 6.07) is 50.3. The average Bonchev–Trinajstić information content (AvgIpc) is 3.31. The molecule has 0 heteroatoms. The number of benzene rings is 6. The number of hydrogen-bond donors (Lipinski definition) is 0. The second-order valence-corrected chi connectivity index (χ2v) is 12.2. The molecule has 0 heterocycles. The molecular weight excluding hydrogens is 492 g/mol. The van der Waals surface area contributed by atoms with E-state index in [2.05, 4.69) is 161 Å². The number of rotatable bonds is 5. The van der Waals surface area contributed by atoms with E-state index >= 15 is 0 Å². The molecule has 1 aliphatic rings. The van der Waals surface area contributed by atoms with Crippen LogP contribution in [0.5, 0.6) is 0 Å². The third-order valence-corrected chi connectivity index (χ3v) is 9.11. The fraction of sp³-hybridized carbons (Fsp3) is 0.171. The van der Waals surface area contributed by atoms with Crippen molar-refractivity contribution in [2.75, 3.05) is 0 Å². The van der Waals surface area contributed by atoms with Gasteiger partial charge in [-0.05, 0) is 90.4 Å². The Bertz CT molecular complexity index is 1830. The molecule has 0 aromatic heterocycles. The fourth-order valence-electron chi connectivity index (χ4n) is 6.85. The van der Waals surface area contributed by atoms with E-state index in [1.54, 1.807) is 0 Å². The van der Waals surface area contributed by atoms with Crippen molar-refractivity contribution in [3.8, 4) is 22.3 Å². The van der Waals surface area contributed by atoms with Crippen molar-refractivity contribution in [3.63, 3.8) is 0 Å². The quantitative estimate of drug-likeness (QED) is 0.208. The summed E-state index contributed by atoms with van der Waals surface area (Å²) in [5.74, 6) is 0.982. The van der Waals surface area contributed by atoms with Crippen molar-refractivity contribution in [1.29, 1.82) is 0 Å². The molecule has 0 fully saturated rings. The largest absolute Gasteiger partial charge is 0.0713 e. The summed E-state index contributed by atoms with van der Waals surface area (Å²) < 4.78 is 0. The molecule has 0 nitrogen and oxygen atoms in total. The van der Waals surface area contributed by atoms with Gasteiger partial charge >= 0.3 is 0 Å². The molecule has 6 aromatic rings. The van der Waals surface area contributed by atoms with Gasteiger partial charge in [0.05, 0.1) is 5.41 Å². The molecule has 0 radical (unpaired) electrons. The van der Waals surface area contributed by atoms with Crippen LogP contribution in [0.2, 0.25) is 0 Å². The van der Waals surface area contributed by atoms with Crippen LogP contribution in [0, 0.1) is 0 Å². The van der Waals surface area contributed by atoms with Crippen LogP contribution in [0.4, 0.5) is 0 Å². The van der Waals surface area contributed by atoms with Gasteiger partial charge in [-0.15, -0.1) is 0 Å². The lowest BCUT2D eigenvalue weighted by Crippen LogP contribution is -2.28. The van der Waals surface area contributed by atoms with Gasteiger partial charge in [-0.3, -0.25) is 0 Å². The van der Waals surface area contributed by atoms with Gasteiger partial charge in [-0.25, -0.2) is 0 Å². The molecule has 0 unspecified atom stereocenters. The maximum Gasteiger partial charge on any atom is 0.0713 e. The highest BCUT2D eigenvalue weighted by molar-refractivity contribution is 5.91. The van der Waals surface area contributed by atoms with Crippen LogP contribution in [0.15, 0.2) is 133 Å². The highest BCUT2D eigenvalue weighted by Crippen LogP contribution is 2.57. The molecule has 0 saturated carbocycles. The highest BCUT2D eigenvalue weighted by Gasteiger charge is 2.46. The van der Waals surface area contributed by atoms with E-state index in [0.717, 1.165) is 0 Å². The van der Waals surface area contributed by atoms with Gasteiger partial charge in [0, 0.05) is 0 Å². The predicted octanol–water partition coefficient (Wildman–Crippen LogP) is 11.1. The summed E-state index contributed by atoms with van der Waals surface area (Å²) in [5, 5.41) is 2.59. The average molecular weight is 529 g/mol. The third-order valence-electron chi connectivity index (χ3n) is 9.11. The second-order valence-electron chi connectivity index (χ2n) is 12.2. The lowest BCUT2D eigenvalue weighted by Gasteiger charge is -2.34. The van der Waals surface area contributed by atoms with Gasteiger partial charge in [-0.2, -0.15) is 0 Å². The Morgan fingerprint density at radius 3 is 1.51 bits per heavy atom. The molecule has 7 rings (SSSR count). The van der Waals surface area contributed by atoms with Crippen LogP contribution in [0.25, 0.3) is 33.0 Å². The van der Waals surface area contributed by atoms with E-state index in [1.165, 1.54) is 66.4 Å². The lowest BCUT2D eigenvalue weighted by atomic mass is 9.67. The Kier molecular flexibility index (Phi) is 6.16. The Hall–Kier alpha value is -4.42. The molecule has 0 aliphatic heterocycles. The molecular formula is C41H36. The Morgan fingerprint density at radius 2 is 0.878 bits per heavy atom. The topological polar surface area (TPSA) is 0 Å². The van der Waals surface area contributed by atoms with Crippen LogP contribution in [0.3, 0.4) is 0 Å². The summed E-state index contributed by atoms with van der Waals surface area (Å²) in [6.45, 7) is 9.10. The minimum absolute atomic E-state index is 0.392. The monoisotopic (exact) mass is 528 g/mol. The van der Waals surface area contributed by atoms with Crippen molar-refractivity contribution in [2.45, 2.75) is 44.9 Å². The van der Waals surface area contributed by atoms with Crippen LogP contribution < -0.4 is 0 Å². The first-order valence-corrected chi connectivity index (χ1v) is 14.9. The first kappa shape index (κ1) is 25.5. The van der Waals surface area contributed by atoms with Gasteiger partial charge in [-0.1, -0.05) is 149 Å². The molecule has 41 heavy (non-hydrogen) atoms. The number of fused-ring (bicyclic) bond motifs is 4. The molecule has 0 bridgehead atoms. The highest BCUT2D eigenvalue weighted by atomic mass is 14.5. The van der Waals surface area contributed by atoms with E-state index in [4.69, 9.17) is 0 Å². The summed E-state index contributed by atoms with van der Waals surface area (Å²) in [7, 11) is 0. The minimum atomic E-state index is -0.392. The smallest absolute Gasteiger partial charge is 0.0622 e. The van der Waals surface area contributed by atoms with Crippen molar-refractivity contribution in [3.05, 3.63) is 167 Å². The summed E-state index contributed by atoms with van der Waals surface area (Å²) in [5.41, 5.74) is 12.9. The first-order valence-electron chi connectivity index (χ1n) is 14.9. The van der Waals surface area contributed by atoms with Crippen LogP contribution in [-0.4, -0.2) is 0 Å². The zero-order valence-corrected chi connectivity index (χ0v) is 24.4. The van der Waals surface area contributed by atoms with Gasteiger partial charge in [0.15, 0.2) is 0 Å². The zero-order valence-electron chi connectivity index (χ0n) is 24.4. The molecule has 0 amide bonds. The predicted molar refractivity (Wildman–Crippen MR) is 175 cm³/mol.